The molecule has 0 spiro atoms. The molecule has 1 fully saturated rings. The second kappa shape index (κ2) is 6.86. The minimum absolute atomic E-state index is 0.0228. The van der Waals surface area contributed by atoms with Crippen molar-refractivity contribution >= 4 is 18.0 Å². The summed E-state index contributed by atoms with van der Waals surface area (Å²) in [5.74, 6) is -0.393. The molecule has 0 saturated carbocycles. The van der Waals surface area contributed by atoms with Crippen LogP contribution in [-0.2, 0) is 14.3 Å². The van der Waals surface area contributed by atoms with Crippen LogP contribution in [0.3, 0.4) is 0 Å². The Kier molecular flexibility index (Phi) is 4.90. The third-order valence-corrected chi connectivity index (χ3v) is 3.07. The molecule has 1 heterocycles. The van der Waals surface area contributed by atoms with Crippen molar-refractivity contribution in [1.29, 1.82) is 0 Å². The summed E-state index contributed by atoms with van der Waals surface area (Å²) in [5.41, 5.74) is 1.35. The van der Waals surface area contributed by atoms with Gasteiger partial charge in [0.2, 0.25) is 5.91 Å². The number of carbonyl (C=O) groups excluding carboxylic acids is 2. The predicted octanol–water partition coefficient (Wildman–Crippen LogP) is 1.35. The van der Waals surface area contributed by atoms with Gasteiger partial charge in [0, 0.05) is 19.2 Å². The SMILES string of the molecule is COC(=O)c1ccc(/C=C/C(=O)N2CCOCC2)cc1. The van der Waals surface area contributed by atoms with Crippen LogP contribution in [0.2, 0.25) is 0 Å². The zero-order chi connectivity index (χ0) is 14.4. The second-order valence-corrected chi connectivity index (χ2v) is 4.38. The number of methoxy groups -OCH3 is 1. The number of hydrogen-bond donors (Lipinski definition) is 0. The molecular formula is C15H17NO4. The molecule has 20 heavy (non-hydrogen) atoms. The molecule has 0 aromatic heterocycles. The number of morpholine rings is 1. The zero-order valence-electron chi connectivity index (χ0n) is 11.4. The highest BCUT2D eigenvalue weighted by Crippen LogP contribution is 2.08. The van der Waals surface area contributed by atoms with E-state index < -0.39 is 0 Å². The minimum Gasteiger partial charge on any atom is -0.465 e. The molecule has 106 valence electrons. The van der Waals surface area contributed by atoms with Crippen LogP contribution in [0.5, 0.6) is 0 Å². The lowest BCUT2D eigenvalue weighted by atomic mass is 10.1. The molecule has 5 nitrogen and oxygen atoms in total. The van der Waals surface area contributed by atoms with E-state index in [1.807, 2.05) is 0 Å². The van der Waals surface area contributed by atoms with E-state index in [0.29, 0.717) is 31.9 Å². The number of esters is 1. The molecule has 1 aliphatic heterocycles. The van der Waals surface area contributed by atoms with Crippen LogP contribution in [0.1, 0.15) is 15.9 Å². The van der Waals surface area contributed by atoms with Crippen LogP contribution in [-0.4, -0.2) is 50.2 Å². The number of rotatable bonds is 3. The summed E-state index contributed by atoms with van der Waals surface area (Å²) < 4.78 is 9.82. The number of carbonyl (C=O) groups is 2. The quantitative estimate of drug-likeness (QED) is 0.617. The maximum Gasteiger partial charge on any atom is 0.337 e. The second-order valence-electron chi connectivity index (χ2n) is 4.38. The van der Waals surface area contributed by atoms with E-state index in [0.717, 1.165) is 5.56 Å². The van der Waals surface area contributed by atoms with E-state index in [1.54, 1.807) is 41.3 Å². The van der Waals surface area contributed by atoms with Crippen molar-refractivity contribution in [2.45, 2.75) is 0 Å². The summed E-state index contributed by atoms with van der Waals surface area (Å²) in [6.45, 7) is 2.44. The summed E-state index contributed by atoms with van der Waals surface area (Å²) in [7, 11) is 1.34. The lowest BCUT2D eigenvalue weighted by Gasteiger charge is -2.25. The smallest absolute Gasteiger partial charge is 0.337 e. The summed E-state index contributed by atoms with van der Waals surface area (Å²) in [6, 6.07) is 6.89. The van der Waals surface area contributed by atoms with Crippen molar-refractivity contribution < 1.29 is 19.1 Å². The number of hydrogen-bond acceptors (Lipinski definition) is 4. The van der Waals surface area contributed by atoms with Gasteiger partial charge in [-0.2, -0.15) is 0 Å². The van der Waals surface area contributed by atoms with E-state index in [-0.39, 0.29) is 11.9 Å². The largest absolute Gasteiger partial charge is 0.465 e. The fourth-order valence-corrected chi connectivity index (χ4v) is 1.90. The Morgan fingerprint density at radius 2 is 1.85 bits per heavy atom. The molecule has 1 aromatic rings. The maximum absolute atomic E-state index is 11.9. The number of ether oxygens (including phenoxy) is 2. The van der Waals surface area contributed by atoms with Gasteiger partial charge in [0.05, 0.1) is 25.9 Å². The van der Waals surface area contributed by atoms with Crippen molar-refractivity contribution in [3.05, 3.63) is 41.5 Å². The van der Waals surface area contributed by atoms with Crippen molar-refractivity contribution in [3.8, 4) is 0 Å². The molecule has 1 saturated heterocycles. The molecule has 5 heteroatoms. The lowest BCUT2D eigenvalue weighted by Crippen LogP contribution is -2.39. The molecule has 0 N–H and O–H groups in total. The van der Waals surface area contributed by atoms with Crippen LogP contribution in [0.4, 0.5) is 0 Å². The topological polar surface area (TPSA) is 55.8 Å². The first-order valence-electron chi connectivity index (χ1n) is 6.44. The van der Waals surface area contributed by atoms with Gasteiger partial charge in [-0.25, -0.2) is 4.79 Å². The predicted molar refractivity (Wildman–Crippen MR) is 74.2 cm³/mol. The number of amides is 1. The third kappa shape index (κ3) is 3.68. The highest BCUT2D eigenvalue weighted by molar-refractivity contribution is 5.92. The van der Waals surface area contributed by atoms with Crippen molar-refractivity contribution in [2.24, 2.45) is 0 Å². The molecule has 0 unspecified atom stereocenters. The molecule has 0 radical (unpaired) electrons. The van der Waals surface area contributed by atoms with Crippen LogP contribution in [0.25, 0.3) is 6.08 Å². The molecule has 1 amide bonds. The normalized spacial score (nSPS) is 15.3. The van der Waals surface area contributed by atoms with E-state index in [4.69, 9.17) is 4.74 Å². The molecule has 0 atom stereocenters. The van der Waals surface area contributed by atoms with Crippen LogP contribution >= 0.6 is 0 Å². The zero-order valence-corrected chi connectivity index (χ0v) is 11.4. The van der Waals surface area contributed by atoms with Crippen molar-refractivity contribution in [1.82, 2.24) is 4.90 Å². The van der Waals surface area contributed by atoms with Gasteiger partial charge in [0.15, 0.2) is 0 Å². The highest BCUT2D eigenvalue weighted by Gasteiger charge is 2.13. The molecule has 0 bridgehead atoms. The first kappa shape index (κ1) is 14.3. The van der Waals surface area contributed by atoms with Gasteiger partial charge in [-0.1, -0.05) is 12.1 Å². The van der Waals surface area contributed by atoms with E-state index >= 15 is 0 Å². The van der Waals surface area contributed by atoms with Gasteiger partial charge in [-0.3, -0.25) is 4.79 Å². The van der Waals surface area contributed by atoms with Crippen LogP contribution in [0, 0.1) is 0 Å². The number of nitrogens with zero attached hydrogens (tertiary/aromatic N) is 1. The maximum atomic E-state index is 11.9. The summed E-state index contributed by atoms with van der Waals surface area (Å²) >= 11 is 0. The summed E-state index contributed by atoms with van der Waals surface area (Å²) in [6.07, 6.45) is 3.28. The summed E-state index contributed by atoms with van der Waals surface area (Å²) in [4.78, 5) is 24.9. The Bertz CT molecular complexity index is 501. The fourth-order valence-electron chi connectivity index (χ4n) is 1.90. The fraction of sp³-hybridized carbons (Fsp3) is 0.333. The molecule has 2 rings (SSSR count). The van der Waals surface area contributed by atoms with Gasteiger partial charge in [-0.15, -0.1) is 0 Å². The van der Waals surface area contributed by atoms with Gasteiger partial charge >= 0.3 is 5.97 Å². The first-order chi connectivity index (χ1) is 9.70. The number of benzene rings is 1. The minimum atomic E-state index is -0.370. The third-order valence-electron chi connectivity index (χ3n) is 3.07. The van der Waals surface area contributed by atoms with Crippen LogP contribution < -0.4 is 0 Å². The molecule has 0 aliphatic carbocycles. The lowest BCUT2D eigenvalue weighted by molar-refractivity contribution is -0.129. The van der Waals surface area contributed by atoms with Gasteiger partial charge in [0.25, 0.3) is 0 Å². The van der Waals surface area contributed by atoms with Gasteiger partial charge in [0.1, 0.15) is 0 Å². The van der Waals surface area contributed by atoms with E-state index in [1.165, 1.54) is 7.11 Å². The van der Waals surface area contributed by atoms with Gasteiger partial charge < -0.3 is 14.4 Å². The first-order valence-corrected chi connectivity index (χ1v) is 6.44. The average molecular weight is 275 g/mol. The Hall–Kier alpha value is -2.14. The molecule has 1 aromatic carbocycles. The van der Waals surface area contributed by atoms with Crippen molar-refractivity contribution in [3.63, 3.8) is 0 Å². The molecular weight excluding hydrogens is 258 g/mol. The van der Waals surface area contributed by atoms with E-state index in [9.17, 15) is 9.59 Å². The Morgan fingerprint density at radius 1 is 1.20 bits per heavy atom. The monoisotopic (exact) mass is 275 g/mol. The van der Waals surface area contributed by atoms with Crippen molar-refractivity contribution in [2.75, 3.05) is 33.4 Å². The summed E-state index contributed by atoms with van der Waals surface area (Å²) in [5, 5.41) is 0. The Labute approximate surface area is 117 Å². The average Bonchev–Trinajstić information content (AvgIpc) is 2.53. The Balaban J connectivity index is 1.96. The molecule has 1 aliphatic rings. The van der Waals surface area contributed by atoms with Gasteiger partial charge in [-0.05, 0) is 23.8 Å². The standard InChI is InChI=1S/C15H17NO4/c1-19-15(18)13-5-2-12(3-6-13)4-7-14(17)16-8-10-20-11-9-16/h2-7H,8-11H2,1H3/b7-4+. The Morgan fingerprint density at radius 3 is 2.45 bits per heavy atom. The van der Waals surface area contributed by atoms with Crippen LogP contribution in [0.15, 0.2) is 30.3 Å². The van der Waals surface area contributed by atoms with E-state index in [2.05, 4.69) is 4.74 Å². The highest BCUT2D eigenvalue weighted by atomic mass is 16.5.